The first kappa shape index (κ1) is 27.4. The Morgan fingerprint density at radius 3 is 2.67 bits per heavy atom. The molecule has 2 aliphatic heterocycles. The first-order valence-electron chi connectivity index (χ1n) is 12.0. The van der Waals surface area contributed by atoms with E-state index in [1.807, 2.05) is 0 Å². The summed E-state index contributed by atoms with van der Waals surface area (Å²) in [5.74, 6) is -0.101. The van der Waals surface area contributed by atoms with Gasteiger partial charge in [0, 0.05) is 12.8 Å². The van der Waals surface area contributed by atoms with Crippen molar-refractivity contribution in [3.05, 3.63) is 39.7 Å². The van der Waals surface area contributed by atoms with Crippen LogP contribution in [0.15, 0.2) is 28.6 Å². The lowest BCUT2D eigenvalue weighted by molar-refractivity contribution is -0.0492. The molecule has 20 heteroatoms. The summed E-state index contributed by atoms with van der Waals surface area (Å²) in [5.41, 5.74) is 2.25. The number of ether oxygens (including phenoxy) is 2. The molecule has 2 saturated heterocycles. The Morgan fingerprint density at radius 2 is 1.90 bits per heavy atom. The number of imidazole rings is 2. The van der Waals surface area contributed by atoms with Gasteiger partial charge in [-0.3, -0.25) is 23.7 Å². The molecule has 4 aromatic rings. The van der Waals surface area contributed by atoms with E-state index < -0.39 is 48.1 Å². The Balaban J connectivity index is 1.15. The van der Waals surface area contributed by atoms with Crippen LogP contribution in [-0.2, 0) is 30.3 Å². The number of aliphatic hydroxyl groups excluding tert-OH is 2. The fraction of sp³-hybridized carbons (Fsp3) is 0.500. The zero-order valence-electron chi connectivity index (χ0n) is 20.4. The van der Waals surface area contributed by atoms with Gasteiger partial charge >= 0.3 is 0 Å². The zero-order valence-corrected chi connectivity index (χ0v) is 23.0. The summed E-state index contributed by atoms with van der Waals surface area (Å²) in [4.78, 5) is 45.5. The highest BCUT2D eigenvalue weighted by molar-refractivity contribution is 8.60. The zero-order chi connectivity index (χ0) is 28.2. The van der Waals surface area contributed by atoms with Crippen LogP contribution in [0, 0.1) is 0 Å². The number of nitrogen functional groups attached to an aromatic ring is 1. The van der Waals surface area contributed by atoms with Gasteiger partial charge in [-0.05, 0) is 11.8 Å². The molecular weight excluding hydrogens is 589 g/mol. The number of fused-ring (bicyclic) bond motifs is 2. The summed E-state index contributed by atoms with van der Waals surface area (Å²) in [6.45, 7) is -0.426. The summed E-state index contributed by atoms with van der Waals surface area (Å²) < 4.78 is 26.9. The minimum absolute atomic E-state index is 0.0537. The van der Waals surface area contributed by atoms with Crippen molar-refractivity contribution in [1.29, 1.82) is 0 Å². The van der Waals surface area contributed by atoms with Crippen LogP contribution >= 0.6 is 17.9 Å². The number of anilines is 1. The van der Waals surface area contributed by atoms with Crippen molar-refractivity contribution in [2.24, 2.45) is 0 Å². The number of H-pyrrole nitrogens is 2. The van der Waals surface area contributed by atoms with E-state index in [0.29, 0.717) is 5.65 Å². The minimum atomic E-state index is -3.25. The van der Waals surface area contributed by atoms with Crippen molar-refractivity contribution in [3.8, 4) is 0 Å². The van der Waals surface area contributed by atoms with E-state index in [2.05, 4.69) is 42.2 Å². The minimum Gasteiger partial charge on any atom is -0.394 e. The molecule has 17 nitrogen and oxygen atoms in total. The molecule has 6 heterocycles. The van der Waals surface area contributed by atoms with Crippen LogP contribution in [-0.4, -0.2) is 86.9 Å². The molecule has 0 aromatic carbocycles. The molecule has 7 atom stereocenters. The standard InChI is InChI=1S/C20H24N9O8PS2/c21-20-26-16-14(18(33)27-20)25-7-29(16)19-10(1-8(3-30)35-19)37-38(39,40)34-4-11-9(31)2-12(36-11)28-6-24-13-15(28)22-5-23-17(13)32/h5-12,19,30-31H,1-4H2,(H,39,40)(H,22,23,32)(H3,21,26,27,33)/t8-,9-,10+,11+,12+,19+/m0/s1. The second-order valence-electron chi connectivity index (χ2n) is 9.24. The average molecular weight is 614 g/mol. The smallest absolute Gasteiger partial charge is 0.280 e. The molecule has 0 radical (unpaired) electrons. The van der Waals surface area contributed by atoms with Crippen LogP contribution in [0.4, 0.5) is 5.95 Å². The maximum absolute atomic E-state index is 12.2. The van der Waals surface area contributed by atoms with E-state index in [-0.39, 0.29) is 54.2 Å². The molecule has 0 spiro atoms. The third kappa shape index (κ3) is 5.08. The molecule has 2 aliphatic rings. The van der Waals surface area contributed by atoms with Crippen molar-refractivity contribution in [2.75, 3.05) is 18.9 Å². The highest BCUT2D eigenvalue weighted by Crippen LogP contribution is 2.57. The molecule has 6 N–H and O–H groups in total. The number of aromatic amines is 2. The number of hydrogen-bond donors (Lipinski definition) is 6. The van der Waals surface area contributed by atoms with Crippen molar-refractivity contribution >= 4 is 58.0 Å². The largest absolute Gasteiger partial charge is 0.394 e. The molecule has 0 aliphatic carbocycles. The average Bonchev–Trinajstić information content (AvgIpc) is 3.68. The van der Waals surface area contributed by atoms with E-state index in [1.165, 1.54) is 23.5 Å². The first-order valence-corrected chi connectivity index (χ1v) is 15.8. The summed E-state index contributed by atoms with van der Waals surface area (Å²) in [6, 6.07) is 0. The highest BCUT2D eigenvalue weighted by atomic mass is 32.9. The number of nitrogens with zero attached hydrogens (tertiary/aromatic N) is 6. The SMILES string of the molecule is Nc1nc2c(ncn2[C@@H]2O[C@H](CO)C[C@H]2OP(=S)(S)OC[C@H]2O[C@@H](n3cnc4c(=O)[nH]cnc43)C[C@@H]2O)c(=O)[nH]1. The van der Waals surface area contributed by atoms with Crippen LogP contribution in [0.25, 0.3) is 22.3 Å². The van der Waals surface area contributed by atoms with Gasteiger partial charge in [-0.2, -0.15) is 4.98 Å². The number of thiol groups is 1. The highest BCUT2D eigenvalue weighted by Gasteiger charge is 2.42. The Morgan fingerprint density at radius 1 is 1.15 bits per heavy atom. The predicted molar refractivity (Wildman–Crippen MR) is 145 cm³/mol. The van der Waals surface area contributed by atoms with E-state index in [0.717, 1.165) is 0 Å². The summed E-state index contributed by atoms with van der Waals surface area (Å²) in [7, 11) is 0. The molecule has 4 aromatic heterocycles. The van der Waals surface area contributed by atoms with Crippen molar-refractivity contribution in [2.45, 2.75) is 49.7 Å². The molecule has 214 valence electrons. The molecule has 6 rings (SSSR count). The molecule has 0 amide bonds. The van der Waals surface area contributed by atoms with E-state index in [4.69, 9.17) is 36.1 Å². The number of rotatable bonds is 8. The Kier molecular flexibility index (Phi) is 7.26. The first-order chi connectivity index (χ1) is 19.1. The lowest BCUT2D eigenvalue weighted by Gasteiger charge is -2.26. The van der Waals surface area contributed by atoms with Crippen LogP contribution in [0.2, 0.25) is 0 Å². The van der Waals surface area contributed by atoms with Crippen LogP contribution in [0.5, 0.6) is 0 Å². The van der Waals surface area contributed by atoms with Gasteiger partial charge in [0.1, 0.15) is 18.4 Å². The van der Waals surface area contributed by atoms with Crippen LogP contribution in [0.3, 0.4) is 0 Å². The Labute approximate surface area is 234 Å². The Hall–Kier alpha value is -2.74. The van der Waals surface area contributed by atoms with Gasteiger partial charge in [0.15, 0.2) is 28.6 Å². The topological polar surface area (TPSA) is 231 Å². The number of aromatic nitrogens is 8. The van der Waals surface area contributed by atoms with Gasteiger partial charge in [-0.25, -0.2) is 15.0 Å². The fourth-order valence-electron chi connectivity index (χ4n) is 4.78. The van der Waals surface area contributed by atoms with Gasteiger partial charge in [-0.15, -0.1) is 0 Å². The summed E-state index contributed by atoms with van der Waals surface area (Å²) in [5, 5.41) is 20.3. The number of aliphatic hydroxyl groups is 2. The van der Waals surface area contributed by atoms with Gasteiger partial charge in [0.2, 0.25) is 11.6 Å². The summed E-state index contributed by atoms with van der Waals surface area (Å²) in [6.07, 6.45) is -0.0500. The number of hydrogen-bond acceptors (Lipinski definition) is 14. The maximum atomic E-state index is 12.2. The fourth-order valence-corrected chi connectivity index (χ4v) is 6.79. The molecule has 1 unspecified atom stereocenters. The summed E-state index contributed by atoms with van der Waals surface area (Å²) >= 11 is 9.99. The molecule has 40 heavy (non-hydrogen) atoms. The monoisotopic (exact) mass is 613 g/mol. The molecular formula is C20H24N9O8PS2. The lowest BCUT2D eigenvalue weighted by atomic mass is 10.2. The van der Waals surface area contributed by atoms with E-state index in [9.17, 15) is 19.8 Å². The van der Waals surface area contributed by atoms with Gasteiger partial charge < -0.3 is 39.5 Å². The van der Waals surface area contributed by atoms with E-state index >= 15 is 0 Å². The molecule has 0 bridgehead atoms. The quantitative estimate of drug-likeness (QED) is 0.107. The van der Waals surface area contributed by atoms with Gasteiger partial charge in [0.05, 0.1) is 44.4 Å². The van der Waals surface area contributed by atoms with Crippen molar-refractivity contribution in [3.63, 3.8) is 0 Å². The normalized spacial score (nSPS) is 28.5. The number of nitrogens with two attached hydrogens (primary N) is 1. The molecule has 2 fully saturated rings. The van der Waals surface area contributed by atoms with Crippen LogP contribution in [0.1, 0.15) is 25.3 Å². The second kappa shape index (κ2) is 10.6. The van der Waals surface area contributed by atoms with E-state index in [1.54, 1.807) is 4.57 Å². The third-order valence-corrected chi connectivity index (χ3v) is 8.84. The van der Waals surface area contributed by atoms with Gasteiger partial charge in [0.25, 0.3) is 11.1 Å². The van der Waals surface area contributed by atoms with Crippen molar-refractivity contribution in [1.82, 2.24) is 39.0 Å². The van der Waals surface area contributed by atoms with Crippen LogP contribution < -0.4 is 16.9 Å². The maximum Gasteiger partial charge on any atom is 0.280 e. The lowest BCUT2D eigenvalue weighted by Crippen LogP contribution is -2.27. The van der Waals surface area contributed by atoms with Crippen molar-refractivity contribution < 1.29 is 28.7 Å². The Bertz CT molecular complexity index is 1730. The second-order valence-corrected chi connectivity index (χ2v) is 14.5. The number of nitrogens with one attached hydrogen (secondary N) is 2. The predicted octanol–water partition coefficient (Wildman–Crippen LogP) is -0.681. The molecule has 0 saturated carbocycles. The van der Waals surface area contributed by atoms with Gasteiger partial charge in [-0.1, -0.05) is 12.2 Å². The third-order valence-electron chi connectivity index (χ3n) is 6.62.